The van der Waals surface area contributed by atoms with E-state index in [1.54, 1.807) is 0 Å². The summed E-state index contributed by atoms with van der Waals surface area (Å²) in [6.07, 6.45) is 0. The summed E-state index contributed by atoms with van der Waals surface area (Å²) >= 11 is 5.24. The highest BCUT2D eigenvalue weighted by Gasteiger charge is 1.99. The molecule has 0 amide bonds. The Bertz CT molecular complexity index is 471. The van der Waals surface area contributed by atoms with Crippen LogP contribution in [0.3, 0.4) is 0 Å². The number of nitrogen functional groups attached to an aromatic ring is 1. The quantitative estimate of drug-likeness (QED) is 0.674. The molecule has 2 rings (SSSR count). The van der Waals surface area contributed by atoms with Gasteiger partial charge in [0.2, 0.25) is 0 Å². The van der Waals surface area contributed by atoms with Gasteiger partial charge >= 0.3 is 0 Å². The minimum atomic E-state index is 0.782. The van der Waals surface area contributed by atoms with Gasteiger partial charge in [-0.1, -0.05) is 30.3 Å². The normalized spacial score (nSPS) is 10.3. The molecule has 0 atom stereocenters. The number of halogens is 1. The van der Waals surface area contributed by atoms with Gasteiger partial charge in [0.05, 0.1) is 0 Å². The second-order valence-corrected chi connectivity index (χ2v) is 5.36. The van der Waals surface area contributed by atoms with Gasteiger partial charge in [-0.2, -0.15) is 0 Å². The van der Waals surface area contributed by atoms with Crippen LogP contribution in [0.2, 0.25) is 0 Å². The van der Waals surface area contributed by atoms with Crippen LogP contribution in [-0.4, -0.2) is 0 Å². The molecular weight excluding hydrogens is 282 g/mol. The molecule has 16 heavy (non-hydrogen) atoms. The molecule has 0 saturated heterocycles. The molecule has 0 fully saturated rings. The topological polar surface area (TPSA) is 26.0 Å². The first-order chi connectivity index (χ1) is 7.75. The molecule has 0 aliphatic rings. The fraction of sp³-hybridized carbons (Fsp3) is 0.0769. The highest BCUT2D eigenvalue weighted by atomic mass is 79.9. The Kier molecular flexibility index (Phi) is 3.91. The van der Waals surface area contributed by atoms with Crippen LogP contribution < -0.4 is 5.73 Å². The van der Waals surface area contributed by atoms with Crippen LogP contribution in [-0.2, 0) is 5.75 Å². The van der Waals surface area contributed by atoms with Gasteiger partial charge in [-0.15, -0.1) is 11.8 Å². The van der Waals surface area contributed by atoms with Gasteiger partial charge < -0.3 is 5.73 Å². The van der Waals surface area contributed by atoms with Gasteiger partial charge in [-0.05, 0) is 39.7 Å². The molecule has 0 spiro atoms. The summed E-state index contributed by atoms with van der Waals surface area (Å²) in [5, 5.41) is 0. The number of rotatable bonds is 3. The molecule has 2 aromatic rings. The lowest BCUT2D eigenvalue weighted by atomic mass is 10.2. The standard InChI is InChI=1S/C13H12BrNS/c14-12-8-11(6-7-13(12)15)16-9-10-4-2-1-3-5-10/h1-8H,9,15H2. The van der Waals surface area contributed by atoms with Crippen LogP contribution in [0.25, 0.3) is 0 Å². The number of hydrogen-bond acceptors (Lipinski definition) is 2. The second kappa shape index (κ2) is 5.41. The van der Waals surface area contributed by atoms with Gasteiger partial charge in [-0.25, -0.2) is 0 Å². The molecular formula is C13H12BrNS. The van der Waals surface area contributed by atoms with E-state index in [4.69, 9.17) is 5.73 Å². The molecule has 1 nitrogen and oxygen atoms in total. The van der Waals surface area contributed by atoms with Crippen molar-refractivity contribution in [1.29, 1.82) is 0 Å². The predicted octanol–water partition coefficient (Wildman–Crippen LogP) is 4.32. The Morgan fingerprint density at radius 3 is 2.50 bits per heavy atom. The third kappa shape index (κ3) is 3.03. The molecule has 0 aliphatic carbocycles. The smallest absolute Gasteiger partial charge is 0.0459 e. The first kappa shape index (κ1) is 11.6. The zero-order valence-electron chi connectivity index (χ0n) is 8.69. The van der Waals surface area contributed by atoms with Crippen LogP contribution >= 0.6 is 27.7 Å². The fourth-order valence-electron chi connectivity index (χ4n) is 1.34. The monoisotopic (exact) mass is 293 g/mol. The van der Waals surface area contributed by atoms with Gasteiger partial charge in [0.25, 0.3) is 0 Å². The zero-order valence-corrected chi connectivity index (χ0v) is 11.1. The van der Waals surface area contributed by atoms with Crippen molar-refractivity contribution in [1.82, 2.24) is 0 Å². The summed E-state index contributed by atoms with van der Waals surface area (Å²) in [4.78, 5) is 1.23. The molecule has 0 heterocycles. The first-order valence-corrected chi connectivity index (χ1v) is 6.75. The maximum atomic E-state index is 5.74. The molecule has 0 radical (unpaired) electrons. The molecule has 0 saturated carbocycles. The third-order valence-electron chi connectivity index (χ3n) is 2.22. The average molecular weight is 294 g/mol. The van der Waals surface area contributed by atoms with Gasteiger partial charge in [0.15, 0.2) is 0 Å². The first-order valence-electron chi connectivity index (χ1n) is 4.97. The highest BCUT2D eigenvalue weighted by Crippen LogP contribution is 2.28. The van der Waals surface area contributed by atoms with Crippen molar-refractivity contribution in [2.24, 2.45) is 0 Å². The van der Waals surface area contributed by atoms with E-state index in [0.29, 0.717) is 0 Å². The predicted molar refractivity (Wildman–Crippen MR) is 74.6 cm³/mol. The highest BCUT2D eigenvalue weighted by molar-refractivity contribution is 9.10. The number of hydrogen-bond donors (Lipinski definition) is 1. The number of thioether (sulfide) groups is 1. The van der Waals surface area contributed by atoms with Crippen LogP contribution in [0.1, 0.15) is 5.56 Å². The van der Waals surface area contributed by atoms with Crippen molar-refractivity contribution in [2.45, 2.75) is 10.6 Å². The van der Waals surface area contributed by atoms with Crippen LogP contribution in [0.5, 0.6) is 0 Å². The number of nitrogens with two attached hydrogens (primary N) is 1. The number of benzene rings is 2. The third-order valence-corrected chi connectivity index (χ3v) is 3.97. The van der Waals surface area contributed by atoms with E-state index in [-0.39, 0.29) is 0 Å². The SMILES string of the molecule is Nc1ccc(SCc2ccccc2)cc1Br. The summed E-state index contributed by atoms with van der Waals surface area (Å²) in [6, 6.07) is 16.5. The number of anilines is 1. The Balaban J connectivity index is 2.03. The lowest BCUT2D eigenvalue weighted by Gasteiger charge is -2.04. The summed E-state index contributed by atoms with van der Waals surface area (Å²) in [7, 11) is 0. The average Bonchev–Trinajstić information content (AvgIpc) is 2.32. The van der Waals surface area contributed by atoms with Gasteiger partial charge in [-0.3, -0.25) is 0 Å². The minimum Gasteiger partial charge on any atom is -0.398 e. The Labute approximate surface area is 108 Å². The maximum absolute atomic E-state index is 5.74. The molecule has 82 valence electrons. The van der Waals surface area contributed by atoms with Gasteiger partial charge in [0, 0.05) is 20.8 Å². The lowest BCUT2D eigenvalue weighted by Crippen LogP contribution is -1.86. The fourth-order valence-corrected chi connectivity index (χ4v) is 2.76. The van der Waals surface area contributed by atoms with E-state index >= 15 is 0 Å². The van der Waals surface area contributed by atoms with E-state index < -0.39 is 0 Å². The van der Waals surface area contributed by atoms with E-state index in [9.17, 15) is 0 Å². The molecule has 2 N–H and O–H groups in total. The molecule has 3 heteroatoms. The maximum Gasteiger partial charge on any atom is 0.0459 e. The van der Waals surface area contributed by atoms with Crippen molar-refractivity contribution in [3.8, 4) is 0 Å². The molecule has 0 unspecified atom stereocenters. The lowest BCUT2D eigenvalue weighted by molar-refractivity contribution is 1.37. The van der Waals surface area contributed by atoms with Crippen molar-refractivity contribution in [3.05, 3.63) is 58.6 Å². The second-order valence-electron chi connectivity index (χ2n) is 3.46. The van der Waals surface area contributed by atoms with Gasteiger partial charge in [0.1, 0.15) is 0 Å². The molecule has 2 aromatic carbocycles. The van der Waals surface area contributed by atoms with E-state index in [1.165, 1.54) is 10.5 Å². The van der Waals surface area contributed by atoms with Crippen molar-refractivity contribution in [2.75, 3.05) is 5.73 Å². The molecule has 0 aliphatic heterocycles. The summed E-state index contributed by atoms with van der Waals surface area (Å²) in [6.45, 7) is 0. The van der Waals surface area contributed by atoms with Crippen LogP contribution in [0.4, 0.5) is 5.69 Å². The van der Waals surface area contributed by atoms with E-state index in [2.05, 4.69) is 46.3 Å². The Morgan fingerprint density at radius 2 is 1.81 bits per heavy atom. The summed E-state index contributed by atoms with van der Waals surface area (Å²) in [5.74, 6) is 0.983. The largest absolute Gasteiger partial charge is 0.398 e. The summed E-state index contributed by atoms with van der Waals surface area (Å²) < 4.78 is 0.963. The molecule has 0 bridgehead atoms. The van der Waals surface area contributed by atoms with Crippen molar-refractivity contribution < 1.29 is 0 Å². The zero-order chi connectivity index (χ0) is 11.4. The Hall–Kier alpha value is -0.930. The Morgan fingerprint density at radius 1 is 1.06 bits per heavy atom. The summed E-state index contributed by atoms with van der Waals surface area (Å²) in [5.41, 5.74) is 7.86. The van der Waals surface area contributed by atoms with Crippen molar-refractivity contribution >= 4 is 33.4 Å². The van der Waals surface area contributed by atoms with Crippen LogP contribution in [0.15, 0.2) is 57.9 Å². The van der Waals surface area contributed by atoms with Crippen molar-refractivity contribution in [3.63, 3.8) is 0 Å². The molecule has 0 aromatic heterocycles. The minimum absolute atomic E-state index is 0.782. The van der Waals surface area contributed by atoms with Crippen LogP contribution in [0, 0.1) is 0 Å². The van der Waals surface area contributed by atoms with E-state index in [1.807, 2.05) is 30.0 Å². The van der Waals surface area contributed by atoms with E-state index in [0.717, 1.165) is 15.9 Å².